The first kappa shape index (κ1) is 17.2. The van der Waals surface area contributed by atoms with Crippen LogP contribution in [-0.4, -0.2) is 17.9 Å². The summed E-state index contributed by atoms with van der Waals surface area (Å²) in [6, 6.07) is 17.3. The number of hydrogen-bond donors (Lipinski definition) is 2. The second kappa shape index (κ2) is 7.97. The Hall–Kier alpha value is -2.62. The van der Waals surface area contributed by atoms with Gasteiger partial charge in [-0.05, 0) is 49.1 Å². The molecule has 0 aliphatic heterocycles. The first-order valence-electron chi connectivity index (χ1n) is 8.94. The maximum Gasteiger partial charge on any atom is 0.251 e. The molecule has 130 valence electrons. The lowest BCUT2D eigenvalue weighted by atomic mass is 9.93. The summed E-state index contributed by atoms with van der Waals surface area (Å²) in [4.78, 5) is 24.7. The van der Waals surface area contributed by atoms with Crippen molar-refractivity contribution in [3.05, 3.63) is 65.7 Å². The Bertz CT molecular complexity index is 721. The van der Waals surface area contributed by atoms with Crippen LogP contribution in [0.15, 0.2) is 54.6 Å². The predicted octanol–water partition coefficient (Wildman–Crippen LogP) is 4.10. The number of nitrogens with one attached hydrogen (secondary N) is 2. The molecule has 2 amide bonds. The van der Waals surface area contributed by atoms with Gasteiger partial charge >= 0.3 is 0 Å². The van der Waals surface area contributed by atoms with E-state index in [-0.39, 0.29) is 17.7 Å². The van der Waals surface area contributed by atoms with Crippen molar-refractivity contribution in [2.75, 3.05) is 5.32 Å². The molecule has 25 heavy (non-hydrogen) atoms. The van der Waals surface area contributed by atoms with Crippen LogP contribution >= 0.6 is 0 Å². The minimum absolute atomic E-state index is 0.0109. The average molecular weight is 336 g/mol. The Kier molecular flexibility index (Phi) is 5.49. The van der Waals surface area contributed by atoms with Crippen molar-refractivity contribution in [2.45, 2.75) is 44.6 Å². The molecule has 0 aromatic heterocycles. The average Bonchev–Trinajstić information content (AvgIpc) is 3.45. The van der Waals surface area contributed by atoms with Crippen molar-refractivity contribution < 1.29 is 9.59 Å². The highest BCUT2D eigenvalue weighted by atomic mass is 16.2. The molecule has 1 saturated carbocycles. The van der Waals surface area contributed by atoms with Crippen LogP contribution in [0.1, 0.15) is 54.4 Å². The zero-order valence-electron chi connectivity index (χ0n) is 14.5. The maximum absolute atomic E-state index is 12.7. The zero-order chi connectivity index (χ0) is 17.6. The van der Waals surface area contributed by atoms with Crippen LogP contribution in [0.2, 0.25) is 0 Å². The lowest BCUT2D eigenvalue weighted by Crippen LogP contribution is -2.25. The van der Waals surface area contributed by atoms with Gasteiger partial charge in [0.1, 0.15) is 0 Å². The van der Waals surface area contributed by atoms with Crippen LogP contribution in [0, 0.1) is 0 Å². The van der Waals surface area contributed by atoms with E-state index in [2.05, 4.69) is 17.6 Å². The molecular weight excluding hydrogens is 312 g/mol. The maximum atomic E-state index is 12.7. The molecule has 1 atom stereocenters. The second-order valence-electron chi connectivity index (χ2n) is 6.57. The van der Waals surface area contributed by atoms with E-state index >= 15 is 0 Å². The number of amides is 2. The smallest absolute Gasteiger partial charge is 0.251 e. The summed E-state index contributed by atoms with van der Waals surface area (Å²) >= 11 is 0. The topological polar surface area (TPSA) is 58.2 Å². The quantitative estimate of drug-likeness (QED) is 0.800. The Morgan fingerprint density at radius 3 is 2.32 bits per heavy atom. The summed E-state index contributed by atoms with van der Waals surface area (Å²) in [5.74, 6) is -0.221. The first-order chi connectivity index (χ1) is 12.2. The monoisotopic (exact) mass is 336 g/mol. The second-order valence-corrected chi connectivity index (χ2v) is 6.57. The Labute approximate surface area is 148 Å². The summed E-state index contributed by atoms with van der Waals surface area (Å²) in [5.41, 5.74) is 2.37. The molecule has 0 radical (unpaired) electrons. The molecule has 1 aliphatic carbocycles. The van der Waals surface area contributed by atoms with Gasteiger partial charge in [-0.25, -0.2) is 0 Å². The van der Waals surface area contributed by atoms with Crippen molar-refractivity contribution in [1.29, 1.82) is 0 Å². The highest BCUT2D eigenvalue weighted by Gasteiger charge is 2.24. The molecule has 0 spiro atoms. The van der Waals surface area contributed by atoms with E-state index in [1.165, 1.54) is 0 Å². The largest absolute Gasteiger partial charge is 0.349 e. The first-order valence-corrected chi connectivity index (χ1v) is 8.94. The van der Waals surface area contributed by atoms with E-state index in [0.717, 1.165) is 31.2 Å². The number of anilines is 1. The van der Waals surface area contributed by atoms with Crippen LogP contribution in [0.25, 0.3) is 0 Å². The third kappa shape index (κ3) is 4.69. The number of carbonyl (C=O) groups excluding carboxylic acids is 2. The molecule has 0 heterocycles. The fourth-order valence-electron chi connectivity index (χ4n) is 2.85. The van der Waals surface area contributed by atoms with Crippen LogP contribution in [0.5, 0.6) is 0 Å². The van der Waals surface area contributed by atoms with Crippen molar-refractivity contribution in [1.82, 2.24) is 5.32 Å². The summed E-state index contributed by atoms with van der Waals surface area (Å²) in [7, 11) is 0. The molecule has 4 heteroatoms. The summed E-state index contributed by atoms with van der Waals surface area (Å²) < 4.78 is 0. The summed E-state index contributed by atoms with van der Waals surface area (Å²) in [6.45, 7) is 2.08. The molecule has 1 aliphatic rings. The van der Waals surface area contributed by atoms with Gasteiger partial charge in [-0.1, -0.05) is 43.7 Å². The summed E-state index contributed by atoms with van der Waals surface area (Å²) in [6.07, 6.45) is 3.88. The van der Waals surface area contributed by atoms with Gasteiger partial charge in [0.2, 0.25) is 5.91 Å². The van der Waals surface area contributed by atoms with Crippen molar-refractivity contribution in [3.8, 4) is 0 Å². The van der Waals surface area contributed by atoms with Gasteiger partial charge in [-0.2, -0.15) is 0 Å². The minimum atomic E-state index is -0.163. The number of hydrogen-bond acceptors (Lipinski definition) is 2. The molecule has 0 saturated heterocycles. The van der Waals surface area contributed by atoms with Crippen LogP contribution in [0.3, 0.4) is 0 Å². The van der Waals surface area contributed by atoms with Crippen molar-refractivity contribution in [2.24, 2.45) is 0 Å². The molecule has 3 rings (SSSR count). The van der Waals surface area contributed by atoms with Gasteiger partial charge in [0.05, 0.1) is 5.92 Å². The Morgan fingerprint density at radius 2 is 1.72 bits per heavy atom. The molecule has 4 nitrogen and oxygen atoms in total. The van der Waals surface area contributed by atoms with Gasteiger partial charge in [0.25, 0.3) is 5.91 Å². The fraction of sp³-hybridized carbons (Fsp3) is 0.333. The molecule has 1 fully saturated rings. The Morgan fingerprint density at radius 1 is 1.04 bits per heavy atom. The molecule has 2 aromatic rings. The normalized spacial score (nSPS) is 14.6. The van der Waals surface area contributed by atoms with E-state index < -0.39 is 0 Å². The molecule has 0 bridgehead atoms. The Balaban J connectivity index is 1.65. The van der Waals surface area contributed by atoms with E-state index in [0.29, 0.717) is 17.3 Å². The van der Waals surface area contributed by atoms with Gasteiger partial charge in [0.15, 0.2) is 0 Å². The molecule has 2 N–H and O–H groups in total. The lowest BCUT2D eigenvalue weighted by molar-refractivity contribution is -0.117. The van der Waals surface area contributed by atoms with Crippen molar-refractivity contribution in [3.63, 3.8) is 0 Å². The van der Waals surface area contributed by atoms with Gasteiger partial charge in [-0.3, -0.25) is 9.59 Å². The fourth-order valence-corrected chi connectivity index (χ4v) is 2.85. The molecule has 1 unspecified atom stereocenters. The van der Waals surface area contributed by atoms with E-state index in [9.17, 15) is 9.59 Å². The van der Waals surface area contributed by atoms with E-state index in [1.807, 2.05) is 30.3 Å². The van der Waals surface area contributed by atoms with E-state index in [1.54, 1.807) is 24.3 Å². The number of carbonyl (C=O) groups is 2. The predicted molar refractivity (Wildman–Crippen MR) is 99.7 cm³/mol. The van der Waals surface area contributed by atoms with Gasteiger partial charge in [0, 0.05) is 17.3 Å². The van der Waals surface area contributed by atoms with Crippen LogP contribution < -0.4 is 10.6 Å². The van der Waals surface area contributed by atoms with Gasteiger partial charge < -0.3 is 10.6 Å². The molecule has 2 aromatic carbocycles. The third-order valence-electron chi connectivity index (χ3n) is 4.42. The lowest BCUT2D eigenvalue weighted by Gasteiger charge is -2.16. The van der Waals surface area contributed by atoms with Crippen molar-refractivity contribution >= 4 is 17.5 Å². The van der Waals surface area contributed by atoms with Crippen LogP contribution in [0.4, 0.5) is 5.69 Å². The summed E-state index contributed by atoms with van der Waals surface area (Å²) in [5, 5.41) is 5.93. The highest BCUT2D eigenvalue weighted by molar-refractivity contribution is 5.97. The minimum Gasteiger partial charge on any atom is -0.349 e. The van der Waals surface area contributed by atoms with Crippen LogP contribution in [-0.2, 0) is 4.79 Å². The molecular formula is C21H24N2O2. The van der Waals surface area contributed by atoms with Gasteiger partial charge in [-0.15, -0.1) is 0 Å². The number of benzene rings is 2. The van der Waals surface area contributed by atoms with E-state index in [4.69, 9.17) is 0 Å². The third-order valence-corrected chi connectivity index (χ3v) is 4.42. The SMILES string of the molecule is CCCC(C(=O)Nc1ccc(C(=O)NC2CC2)cc1)c1ccccc1. The highest BCUT2D eigenvalue weighted by Crippen LogP contribution is 2.24. The zero-order valence-corrected chi connectivity index (χ0v) is 14.5. The number of rotatable bonds is 7. The standard InChI is InChI=1S/C21H24N2O2/c1-2-6-19(15-7-4-3-5-8-15)21(25)23-17-11-9-16(10-12-17)20(24)22-18-13-14-18/h3-5,7-12,18-19H,2,6,13-14H2,1H3,(H,22,24)(H,23,25).